The Kier molecular flexibility index (Phi) is 5.20. The Hall–Kier alpha value is -1.84. The first-order chi connectivity index (χ1) is 8.17. The number of hydrogen-bond donors (Lipinski definition) is 1. The molecule has 1 aromatic rings. The number of rotatable bonds is 5. The van der Waals surface area contributed by atoms with Crippen molar-refractivity contribution in [3.63, 3.8) is 0 Å². The van der Waals surface area contributed by atoms with Crippen LogP contribution in [0.2, 0.25) is 0 Å². The Bertz CT molecular complexity index is 376. The van der Waals surface area contributed by atoms with Crippen molar-refractivity contribution in [1.29, 1.82) is 0 Å². The molecule has 0 aromatic heterocycles. The zero-order valence-electron chi connectivity index (χ0n) is 10.1. The summed E-state index contributed by atoms with van der Waals surface area (Å²) in [5.41, 5.74) is 0.921. The summed E-state index contributed by atoms with van der Waals surface area (Å²) in [6.07, 6.45) is 0.793. The van der Waals surface area contributed by atoms with Crippen molar-refractivity contribution >= 4 is 11.9 Å². The van der Waals surface area contributed by atoms with Crippen LogP contribution in [0.4, 0.5) is 0 Å². The van der Waals surface area contributed by atoms with Gasteiger partial charge in [0.05, 0.1) is 13.5 Å². The SMILES string of the molecule is CC[C@@H](NC(=O)Cc1ccccc1)C(=O)OC. The molecule has 1 rings (SSSR count). The standard InChI is InChI=1S/C13H17NO3/c1-3-11(13(16)17-2)14-12(15)9-10-7-5-4-6-8-10/h4-8,11H,3,9H2,1-2H3,(H,14,15)/t11-/m1/s1. The molecule has 0 unspecified atom stereocenters. The van der Waals surface area contributed by atoms with Crippen LogP contribution in [0, 0.1) is 0 Å². The second kappa shape index (κ2) is 6.68. The highest BCUT2D eigenvalue weighted by Gasteiger charge is 2.18. The minimum Gasteiger partial charge on any atom is -0.467 e. The Balaban J connectivity index is 2.51. The van der Waals surface area contributed by atoms with E-state index in [2.05, 4.69) is 10.1 Å². The van der Waals surface area contributed by atoms with Crippen molar-refractivity contribution in [2.75, 3.05) is 7.11 Å². The largest absolute Gasteiger partial charge is 0.467 e. The molecule has 0 bridgehead atoms. The molecule has 4 nitrogen and oxygen atoms in total. The Morgan fingerprint density at radius 2 is 1.94 bits per heavy atom. The second-order valence-corrected chi connectivity index (χ2v) is 3.71. The number of carbonyl (C=O) groups is 2. The van der Waals surface area contributed by atoms with Crippen molar-refractivity contribution in [3.8, 4) is 0 Å². The summed E-state index contributed by atoms with van der Waals surface area (Å²) < 4.78 is 4.60. The van der Waals surface area contributed by atoms with E-state index in [1.165, 1.54) is 7.11 Å². The van der Waals surface area contributed by atoms with Gasteiger partial charge >= 0.3 is 5.97 Å². The number of methoxy groups -OCH3 is 1. The zero-order chi connectivity index (χ0) is 12.7. The fourth-order valence-electron chi connectivity index (χ4n) is 1.50. The minimum absolute atomic E-state index is 0.173. The molecule has 4 heteroatoms. The Labute approximate surface area is 101 Å². The van der Waals surface area contributed by atoms with Gasteiger partial charge in [0.25, 0.3) is 0 Å². The molecule has 1 N–H and O–H groups in total. The lowest BCUT2D eigenvalue weighted by molar-refractivity contribution is -0.145. The van der Waals surface area contributed by atoms with Crippen LogP contribution in [-0.4, -0.2) is 25.0 Å². The molecule has 0 heterocycles. The maximum atomic E-state index is 11.7. The number of hydrogen-bond acceptors (Lipinski definition) is 3. The van der Waals surface area contributed by atoms with Gasteiger partial charge in [-0.05, 0) is 12.0 Å². The number of carbonyl (C=O) groups excluding carboxylic acids is 2. The lowest BCUT2D eigenvalue weighted by Gasteiger charge is -2.14. The highest BCUT2D eigenvalue weighted by molar-refractivity contribution is 5.85. The van der Waals surface area contributed by atoms with E-state index in [1.807, 2.05) is 37.3 Å². The van der Waals surface area contributed by atoms with Gasteiger partial charge in [0.1, 0.15) is 6.04 Å². The fourth-order valence-corrected chi connectivity index (χ4v) is 1.50. The molecule has 0 fully saturated rings. The van der Waals surface area contributed by atoms with Gasteiger partial charge in [-0.2, -0.15) is 0 Å². The van der Waals surface area contributed by atoms with Crippen LogP contribution in [-0.2, 0) is 20.7 Å². The third-order valence-electron chi connectivity index (χ3n) is 2.44. The molecule has 17 heavy (non-hydrogen) atoms. The average molecular weight is 235 g/mol. The molecule has 0 spiro atoms. The van der Waals surface area contributed by atoms with Crippen molar-refractivity contribution in [2.45, 2.75) is 25.8 Å². The maximum absolute atomic E-state index is 11.7. The summed E-state index contributed by atoms with van der Waals surface area (Å²) in [4.78, 5) is 23.0. The van der Waals surface area contributed by atoms with Crippen LogP contribution in [0.5, 0.6) is 0 Å². The van der Waals surface area contributed by atoms with Crippen LogP contribution in [0.3, 0.4) is 0 Å². The molecule has 1 amide bonds. The van der Waals surface area contributed by atoms with Gasteiger partial charge in [-0.3, -0.25) is 4.79 Å². The molecule has 0 aliphatic rings. The topological polar surface area (TPSA) is 55.4 Å². The molecule has 92 valence electrons. The predicted octanol–water partition coefficient (Wildman–Crippen LogP) is 1.30. The molecule has 0 aliphatic carbocycles. The van der Waals surface area contributed by atoms with Gasteiger partial charge in [0.15, 0.2) is 0 Å². The minimum atomic E-state index is -0.559. The van der Waals surface area contributed by atoms with Crippen molar-refractivity contribution in [2.24, 2.45) is 0 Å². The first kappa shape index (κ1) is 13.2. The lowest BCUT2D eigenvalue weighted by atomic mass is 10.1. The molecule has 0 saturated carbocycles. The normalized spacial score (nSPS) is 11.6. The molecule has 0 saturated heterocycles. The fraction of sp³-hybridized carbons (Fsp3) is 0.385. The van der Waals surface area contributed by atoms with E-state index in [-0.39, 0.29) is 12.3 Å². The molecule has 1 atom stereocenters. The quantitative estimate of drug-likeness (QED) is 0.782. The monoisotopic (exact) mass is 235 g/mol. The Morgan fingerprint density at radius 3 is 2.47 bits per heavy atom. The first-order valence-electron chi connectivity index (χ1n) is 5.58. The molecule has 0 aliphatic heterocycles. The first-order valence-corrected chi connectivity index (χ1v) is 5.58. The van der Waals surface area contributed by atoms with E-state index < -0.39 is 12.0 Å². The average Bonchev–Trinajstić information content (AvgIpc) is 2.36. The summed E-state index contributed by atoms with van der Waals surface area (Å²) in [5, 5.41) is 2.65. The van der Waals surface area contributed by atoms with Crippen LogP contribution in [0.25, 0.3) is 0 Å². The Morgan fingerprint density at radius 1 is 1.29 bits per heavy atom. The van der Waals surface area contributed by atoms with E-state index in [4.69, 9.17) is 0 Å². The highest BCUT2D eigenvalue weighted by atomic mass is 16.5. The van der Waals surface area contributed by atoms with Crippen LogP contribution < -0.4 is 5.32 Å². The van der Waals surface area contributed by atoms with Crippen molar-refractivity contribution in [3.05, 3.63) is 35.9 Å². The van der Waals surface area contributed by atoms with E-state index in [0.717, 1.165) is 5.56 Å². The summed E-state index contributed by atoms with van der Waals surface area (Å²) >= 11 is 0. The van der Waals surface area contributed by atoms with Gasteiger partial charge in [-0.1, -0.05) is 37.3 Å². The molecule has 1 aromatic carbocycles. The van der Waals surface area contributed by atoms with Gasteiger partial charge in [0, 0.05) is 0 Å². The number of amides is 1. The van der Waals surface area contributed by atoms with Gasteiger partial charge in [-0.25, -0.2) is 4.79 Å². The van der Waals surface area contributed by atoms with E-state index in [1.54, 1.807) is 0 Å². The van der Waals surface area contributed by atoms with E-state index in [9.17, 15) is 9.59 Å². The number of benzene rings is 1. The van der Waals surface area contributed by atoms with E-state index >= 15 is 0 Å². The predicted molar refractivity (Wildman–Crippen MR) is 64.4 cm³/mol. The summed E-state index contributed by atoms with van der Waals surface area (Å²) in [7, 11) is 1.31. The second-order valence-electron chi connectivity index (χ2n) is 3.71. The van der Waals surface area contributed by atoms with Gasteiger partial charge in [0.2, 0.25) is 5.91 Å². The maximum Gasteiger partial charge on any atom is 0.328 e. The van der Waals surface area contributed by atoms with Crippen LogP contribution >= 0.6 is 0 Å². The summed E-state index contributed by atoms with van der Waals surface area (Å²) in [5.74, 6) is -0.581. The van der Waals surface area contributed by atoms with Crippen LogP contribution in [0.1, 0.15) is 18.9 Å². The van der Waals surface area contributed by atoms with Crippen molar-refractivity contribution in [1.82, 2.24) is 5.32 Å². The van der Waals surface area contributed by atoms with Gasteiger partial charge < -0.3 is 10.1 Å². The third kappa shape index (κ3) is 4.26. The van der Waals surface area contributed by atoms with Crippen molar-refractivity contribution < 1.29 is 14.3 Å². The zero-order valence-corrected chi connectivity index (χ0v) is 10.1. The smallest absolute Gasteiger partial charge is 0.328 e. The lowest BCUT2D eigenvalue weighted by Crippen LogP contribution is -2.41. The summed E-state index contributed by atoms with van der Waals surface area (Å²) in [6, 6.07) is 8.83. The third-order valence-corrected chi connectivity index (χ3v) is 2.44. The van der Waals surface area contributed by atoms with Gasteiger partial charge in [-0.15, -0.1) is 0 Å². The number of esters is 1. The molecular weight excluding hydrogens is 218 g/mol. The highest BCUT2D eigenvalue weighted by Crippen LogP contribution is 2.01. The number of nitrogens with one attached hydrogen (secondary N) is 1. The van der Waals surface area contributed by atoms with Crippen LogP contribution in [0.15, 0.2) is 30.3 Å². The molecule has 0 radical (unpaired) electrons. The molecular formula is C13H17NO3. The number of ether oxygens (including phenoxy) is 1. The summed E-state index contributed by atoms with van der Waals surface area (Å²) in [6.45, 7) is 1.82. The van der Waals surface area contributed by atoms with E-state index in [0.29, 0.717) is 6.42 Å².